The minimum atomic E-state index is 1.04. The molecule has 2 aromatic rings. The van der Waals surface area contributed by atoms with Crippen molar-refractivity contribution in [1.29, 1.82) is 0 Å². The molecule has 0 fully saturated rings. The molecular weight excluding hydrogens is 352 g/mol. The standard InChI is InChI=1S/C11H16O.C9H12OS.2C2H6/c1-3-10-8(2)9-6-4-5-7-11(9)12-10;1-6-7-4-3-5-8(7)11-9(6)10-2;2*1-2/h3-7H2,1-2H3;3-5H2,1-2H3;2*1-2H3. The zero-order valence-corrected chi connectivity index (χ0v) is 19.7. The Morgan fingerprint density at radius 2 is 1.48 bits per heavy atom. The minimum Gasteiger partial charge on any atom is -0.487 e. The highest BCUT2D eigenvalue weighted by Gasteiger charge is 2.19. The van der Waals surface area contributed by atoms with Crippen LogP contribution >= 0.6 is 11.3 Å². The number of fused-ring (bicyclic) bond motifs is 2. The van der Waals surface area contributed by atoms with Gasteiger partial charge in [-0.3, -0.25) is 0 Å². The molecule has 0 spiro atoms. The van der Waals surface area contributed by atoms with Crippen molar-refractivity contribution in [3.63, 3.8) is 0 Å². The molecule has 0 atom stereocenters. The van der Waals surface area contributed by atoms with Gasteiger partial charge in [0.05, 0.1) is 7.11 Å². The van der Waals surface area contributed by atoms with Crippen LogP contribution in [0.15, 0.2) is 4.42 Å². The third kappa shape index (κ3) is 5.63. The van der Waals surface area contributed by atoms with Crippen LogP contribution in [-0.4, -0.2) is 7.11 Å². The lowest BCUT2D eigenvalue weighted by molar-refractivity contribution is 0.424. The monoisotopic (exact) mass is 392 g/mol. The molecule has 0 unspecified atom stereocenters. The number of hydrogen-bond donors (Lipinski definition) is 0. The van der Waals surface area contributed by atoms with Crippen LogP contribution in [-0.2, 0) is 32.1 Å². The summed E-state index contributed by atoms with van der Waals surface area (Å²) in [6.07, 6.45) is 9.97. The molecule has 0 radical (unpaired) electrons. The van der Waals surface area contributed by atoms with Crippen LogP contribution < -0.4 is 4.74 Å². The Labute approximate surface area is 171 Å². The molecule has 2 aliphatic rings. The molecule has 0 saturated carbocycles. The van der Waals surface area contributed by atoms with E-state index in [0.717, 1.165) is 17.9 Å². The first-order valence-electron chi connectivity index (χ1n) is 10.9. The van der Waals surface area contributed by atoms with E-state index >= 15 is 0 Å². The molecule has 0 aromatic carbocycles. The molecule has 0 N–H and O–H groups in total. The van der Waals surface area contributed by atoms with Crippen molar-refractivity contribution in [2.24, 2.45) is 0 Å². The quantitative estimate of drug-likeness (QED) is 0.524. The summed E-state index contributed by atoms with van der Waals surface area (Å²) in [7, 11) is 1.76. The molecule has 4 rings (SSSR count). The first-order valence-corrected chi connectivity index (χ1v) is 11.7. The topological polar surface area (TPSA) is 22.4 Å². The van der Waals surface area contributed by atoms with Crippen LogP contribution in [0.3, 0.4) is 0 Å². The van der Waals surface area contributed by atoms with Crippen LogP contribution in [0.2, 0.25) is 0 Å². The Morgan fingerprint density at radius 3 is 2.04 bits per heavy atom. The molecule has 3 heteroatoms. The Bertz CT molecular complexity index is 678. The summed E-state index contributed by atoms with van der Waals surface area (Å²) in [4.78, 5) is 1.55. The van der Waals surface area contributed by atoms with Gasteiger partial charge in [0.1, 0.15) is 11.5 Å². The van der Waals surface area contributed by atoms with Gasteiger partial charge in [-0.05, 0) is 69.1 Å². The van der Waals surface area contributed by atoms with Gasteiger partial charge in [0.25, 0.3) is 0 Å². The Kier molecular flexibility index (Phi) is 10.8. The fourth-order valence-electron chi connectivity index (χ4n) is 3.85. The van der Waals surface area contributed by atoms with Gasteiger partial charge in [0.15, 0.2) is 5.06 Å². The van der Waals surface area contributed by atoms with Crippen molar-refractivity contribution in [2.75, 3.05) is 7.11 Å². The molecule has 0 amide bonds. The lowest BCUT2D eigenvalue weighted by Crippen LogP contribution is -1.99. The Hall–Kier alpha value is -1.22. The maximum absolute atomic E-state index is 5.79. The van der Waals surface area contributed by atoms with Crippen LogP contribution in [0.5, 0.6) is 5.06 Å². The highest BCUT2D eigenvalue weighted by Crippen LogP contribution is 2.39. The Morgan fingerprint density at radius 1 is 0.852 bits per heavy atom. The fraction of sp³-hybridized carbons (Fsp3) is 0.667. The number of aryl methyl sites for hydroxylation is 3. The van der Waals surface area contributed by atoms with Crippen molar-refractivity contribution in [3.8, 4) is 5.06 Å². The van der Waals surface area contributed by atoms with E-state index in [4.69, 9.17) is 9.15 Å². The minimum absolute atomic E-state index is 1.04. The maximum atomic E-state index is 5.79. The second-order valence-electron chi connectivity index (χ2n) is 6.59. The summed E-state index contributed by atoms with van der Waals surface area (Å²) in [5, 5.41) is 1.12. The normalized spacial score (nSPS) is 13.8. The molecule has 27 heavy (non-hydrogen) atoms. The van der Waals surface area contributed by atoms with Gasteiger partial charge < -0.3 is 9.15 Å². The molecule has 0 bridgehead atoms. The average molecular weight is 393 g/mol. The Balaban J connectivity index is 0.000000229. The largest absolute Gasteiger partial charge is 0.487 e. The molecule has 2 heterocycles. The number of rotatable bonds is 2. The molecule has 2 nitrogen and oxygen atoms in total. The summed E-state index contributed by atoms with van der Waals surface area (Å²) in [6.45, 7) is 14.5. The number of ether oxygens (including phenoxy) is 1. The second-order valence-corrected chi connectivity index (χ2v) is 7.65. The van der Waals surface area contributed by atoms with Crippen LogP contribution in [0.4, 0.5) is 0 Å². The van der Waals surface area contributed by atoms with Crippen LogP contribution in [0.25, 0.3) is 0 Å². The van der Waals surface area contributed by atoms with E-state index < -0.39 is 0 Å². The SMILES string of the molecule is CC.CC.CCc1oc2c(c1C)CCCC2.COc1sc2c(c1C)CCC2. The number of hydrogen-bond acceptors (Lipinski definition) is 3. The van der Waals surface area contributed by atoms with E-state index in [2.05, 4.69) is 20.8 Å². The van der Waals surface area contributed by atoms with Gasteiger partial charge in [0.2, 0.25) is 0 Å². The molecule has 0 aliphatic heterocycles. The summed E-state index contributed by atoms with van der Waals surface area (Å²) in [5.41, 5.74) is 5.88. The van der Waals surface area contributed by atoms with Crippen molar-refractivity contribution >= 4 is 11.3 Å². The second kappa shape index (κ2) is 12.3. The summed E-state index contributed by atoms with van der Waals surface area (Å²) >= 11 is 1.83. The van der Waals surface area contributed by atoms with Crippen LogP contribution in [0, 0.1) is 13.8 Å². The van der Waals surface area contributed by atoms with Crippen molar-refractivity contribution in [2.45, 2.75) is 99.8 Å². The first kappa shape index (κ1) is 23.8. The van der Waals surface area contributed by atoms with Gasteiger partial charge in [-0.15, -0.1) is 11.3 Å². The maximum Gasteiger partial charge on any atom is 0.176 e. The smallest absolute Gasteiger partial charge is 0.176 e. The number of furan rings is 1. The van der Waals surface area contributed by atoms with E-state index in [-0.39, 0.29) is 0 Å². The average Bonchev–Trinajstić information content (AvgIpc) is 3.41. The van der Waals surface area contributed by atoms with E-state index in [0.29, 0.717) is 0 Å². The van der Waals surface area contributed by atoms with Crippen molar-refractivity contribution < 1.29 is 9.15 Å². The van der Waals surface area contributed by atoms with Crippen LogP contribution in [0.1, 0.15) is 92.5 Å². The van der Waals surface area contributed by atoms with E-state index in [9.17, 15) is 0 Å². The molecule has 2 aliphatic carbocycles. The first-order chi connectivity index (χ1) is 13.2. The zero-order chi connectivity index (χ0) is 20.4. The van der Waals surface area contributed by atoms with Crippen molar-refractivity contribution in [1.82, 2.24) is 0 Å². The van der Waals surface area contributed by atoms with Gasteiger partial charge in [-0.1, -0.05) is 34.6 Å². The molecular formula is C24H40O2S. The third-order valence-electron chi connectivity index (χ3n) is 5.18. The number of methoxy groups -OCH3 is 1. The fourth-order valence-corrected chi connectivity index (χ4v) is 5.06. The lowest BCUT2D eigenvalue weighted by Gasteiger charge is -2.08. The highest BCUT2D eigenvalue weighted by molar-refractivity contribution is 7.14. The van der Waals surface area contributed by atoms with Gasteiger partial charge in [-0.2, -0.15) is 0 Å². The molecule has 0 saturated heterocycles. The molecule has 2 aromatic heterocycles. The highest BCUT2D eigenvalue weighted by atomic mass is 32.1. The lowest BCUT2D eigenvalue weighted by atomic mass is 9.95. The van der Waals surface area contributed by atoms with Gasteiger partial charge >= 0.3 is 0 Å². The van der Waals surface area contributed by atoms with E-state index in [1.165, 1.54) is 66.7 Å². The predicted molar refractivity (Wildman–Crippen MR) is 120 cm³/mol. The summed E-state index contributed by atoms with van der Waals surface area (Å²) < 4.78 is 11.0. The summed E-state index contributed by atoms with van der Waals surface area (Å²) in [5.74, 6) is 2.48. The zero-order valence-electron chi connectivity index (χ0n) is 18.9. The number of thiophene rings is 1. The van der Waals surface area contributed by atoms with Crippen molar-refractivity contribution in [3.05, 3.63) is 38.7 Å². The van der Waals surface area contributed by atoms with Gasteiger partial charge in [0, 0.05) is 23.3 Å². The van der Waals surface area contributed by atoms with Gasteiger partial charge in [-0.25, -0.2) is 0 Å². The third-order valence-corrected chi connectivity index (χ3v) is 6.54. The molecule has 154 valence electrons. The summed E-state index contributed by atoms with van der Waals surface area (Å²) in [6, 6.07) is 0. The van der Waals surface area contributed by atoms with E-state index in [1.807, 2.05) is 39.0 Å². The van der Waals surface area contributed by atoms with E-state index in [1.54, 1.807) is 17.6 Å². The predicted octanol–water partition coefficient (Wildman–Crippen LogP) is 7.64.